The van der Waals surface area contributed by atoms with E-state index < -0.39 is 5.91 Å². The van der Waals surface area contributed by atoms with Crippen molar-refractivity contribution in [2.24, 2.45) is 5.73 Å². The fourth-order valence-corrected chi connectivity index (χ4v) is 2.23. The number of carbonyl (C=O) groups excluding carboxylic acids is 1. The van der Waals surface area contributed by atoms with E-state index in [9.17, 15) is 4.79 Å². The number of aromatic nitrogens is 1. The lowest BCUT2D eigenvalue weighted by Crippen LogP contribution is -2.10. The van der Waals surface area contributed by atoms with E-state index in [2.05, 4.69) is 4.98 Å². The number of pyridine rings is 1. The summed E-state index contributed by atoms with van der Waals surface area (Å²) >= 11 is 5.99. The molecule has 0 saturated heterocycles. The lowest BCUT2D eigenvalue weighted by Gasteiger charge is -2.10. The van der Waals surface area contributed by atoms with E-state index in [4.69, 9.17) is 27.8 Å². The van der Waals surface area contributed by atoms with Crippen LogP contribution in [-0.4, -0.2) is 10.9 Å². The zero-order chi connectivity index (χ0) is 15.7. The van der Waals surface area contributed by atoms with E-state index in [0.29, 0.717) is 38.7 Å². The second-order valence-corrected chi connectivity index (χ2v) is 5.10. The van der Waals surface area contributed by atoms with Crippen molar-refractivity contribution >= 4 is 34.1 Å². The van der Waals surface area contributed by atoms with Crippen molar-refractivity contribution in [1.82, 2.24) is 4.98 Å². The Balaban J connectivity index is 2.07. The first-order chi connectivity index (χ1) is 10.5. The van der Waals surface area contributed by atoms with Crippen molar-refractivity contribution in [3.05, 3.63) is 59.2 Å². The summed E-state index contributed by atoms with van der Waals surface area (Å²) in [7, 11) is 0. The monoisotopic (exact) mass is 313 g/mol. The van der Waals surface area contributed by atoms with Crippen molar-refractivity contribution in [2.45, 2.75) is 0 Å². The van der Waals surface area contributed by atoms with Gasteiger partial charge in [0.2, 0.25) is 5.91 Å². The Labute approximate surface area is 131 Å². The number of primary amides is 1. The SMILES string of the molecule is NC(=O)c1ccc2nccc(Oc3ccc(N)c(Cl)c3)c2c1. The van der Waals surface area contributed by atoms with Gasteiger partial charge in [-0.15, -0.1) is 0 Å². The summed E-state index contributed by atoms with van der Waals surface area (Å²) in [5.41, 5.74) is 12.6. The summed E-state index contributed by atoms with van der Waals surface area (Å²) in [6, 6.07) is 11.7. The molecule has 0 bridgehead atoms. The minimum atomic E-state index is -0.507. The molecule has 3 aromatic rings. The third-order valence-corrected chi connectivity index (χ3v) is 3.51. The van der Waals surface area contributed by atoms with Crippen LogP contribution in [0, 0.1) is 0 Å². The fraction of sp³-hybridized carbons (Fsp3) is 0. The molecule has 1 amide bonds. The number of hydrogen-bond donors (Lipinski definition) is 2. The molecule has 6 heteroatoms. The van der Waals surface area contributed by atoms with Gasteiger partial charge < -0.3 is 16.2 Å². The minimum absolute atomic E-state index is 0.390. The van der Waals surface area contributed by atoms with E-state index in [-0.39, 0.29) is 0 Å². The molecule has 0 atom stereocenters. The van der Waals surface area contributed by atoms with E-state index in [1.54, 1.807) is 48.7 Å². The van der Waals surface area contributed by atoms with Crippen LogP contribution in [0.25, 0.3) is 10.9 Å². The summed E-state index contributed by atoms with van der Waals surface area (Å²) in [6.45, 7) is 0. The molecule has 1 heterocycles. The summed E-state index contributed by atoms with van der Waals surface area (Å²) in [6.07, 6.45) is 1.63. The lowest BCUT2D eigenvalue weighted by molar-refractivity contribution is 0.100. The number of benzene rings is 2. The first-order valence-electron chi connectivity index (χ1n) is 6.46. The van der Waals surface area contributed by atoms with E-state index in [0.717, 1.165) is 0 Å². The number of amides is 1. The number of ether oxygens (including phenoxy) is 1. The van der Waals surface area contributed by atoms with Gasteiger partial charge in [0.15, 0.2) is 0 Å². The molecule has 110 valence electrons. The first-order valence-corrected chi connectivity index (χ1v) is 6.84. The molecule has 22 heavy (non-hydrogen) atoms. The largest absolute Gasteiger partial charge is 0.457 e. The van der Waals surface area contributed by atoms with Crippen molar-refractivity contribution in [1.29, 1.82) is 0 Å². The highest BCUT2D eigenvalue weighted by Gasteiger charge is 2.09. The Hall–Kier alpha value is -2.79. The summed E-state index contributed by atoms with van der Waals surface area (Å²) < 4.78 is 5.83. The van der Waals surface area contributed by atoms with Crippen LogP contribution in [-0.2, 0) is 0 Å². The maximum Gasteiger partial charge on any atom is 0.248 e. The normalized spacial score (nSPS) is 10.6. The highest BCUT2D eigenvalue weighted by Crippen LogP contribution is 2.32. The molecular weight excluding hydrogens is 302 g/mol. The quantitative estimate of drug-likeness (QED) is 0.725. The highest BCUT2D eigenvalue weighted by molar-refractivity contribution is 6.33. The number of rotatable bonds is 3. The van der Waals surface area contributed by atoms with Crippen molar-refractivity contribution in [2.75, 3.05) is 5.73 Å². The number of nitrogen functional groups attached to an aromatic ring is 1. The average molecular weight is 314 g/mol. The van der Waals surface area contributed by atoms with Gasteiger partial charge in [0.1, 0.15) is 11.5 Å². The number of fused-ring (bicyclic) bond motifs is 1. The lowest BCUT2D eigenvalue weighted by atomic mass is 10.1. The fourth-order valence-electron chi connectivity index (χ4n) is 2.06. The van der Waals surface area contributed by atoms with Crippen LogP contribution in [0.3, 0.4) is 0 Å². The van der Waals surface area contributed by atoms with Gasteiger partial charge in [0.05, 0.1) is 16.2 Å². The molecule has 0 aliphatic heterocycles. The zero-order valence-corrected chi connectivity index (χ0v) is 12.2. The molecule has 0 radical (unpaired) electrons. The Morgan fingerprint density at radius 3 is 2.68 bits per heavy atom. The van der Waals surface area contributed by atoms with Crippen LogP contribution < -0.4 is 16.2 Å². The molecule has 1 aromatic heterocycles. The Morgan fingerprint density at radius 1 is 1.14 bits per heavy atom. The second-order valence-electron chi connectivity index (χ2n) is 4.69. The van der Waals surface area contributed by atoms with Crippen LogP contribution in [0.15, 0.2) is 48.7 Å². The third kappa shape index (κ3) is 2.66. The van der Waals surface area contributed by atoms with E-state index >= 15 is 0 Å². The Kier molecular flexibility index (Phi) is 3.56. The van der Waals surface area contributed by atoms with Gasteiger partial charge in [-0.1, -0.05) is 11.6 Å². The van der Waals surface area contributed by atoms with Crippen LogP contribution >= 0.6 is 11.6 Å². The van der Waals surface area contributed by atoms with Gasteiger partial charge in [0.25, 0.3) is 0 Å². The Morgan fingerprint density at radius 2 is 1.95 bits per heavy atom. The first kappa shape index (κ1) is 14.2. The number of anilines is 1. The molecule has 5 nitrogen and oxygen atoms in total. The third-order valence-electron chi connectivity index (χ3n) is 3.19. The molecule has 2 aromatic carbocycles. The van der Waals surface area contributed by atoms with Crippen LogP contribution in [0.5, 0.6) is 11.5 Å². The van der Waals surface area contributed by atoms with Crippen molar-refractivity contribution < 1.29 is 9.53 Å². The molecule has 0 fully saturated rings. The van der Waals surface area contributed by atoms with Crippen molar-refractivity contribution in [3.8, 4) is 11.5 Å². The highest BCUT2D eigenvalue weighted by atomic mass is 35.5. The standard InChI is InChI=1S/C16H12ClN3O2/c17-12-8-10(2-3-13(12)18)22-15-5-6-20-14-4-1-9(16(19)21)7-11(14)15/h1-8H,18H2,(H2,19,21). The molecule has 0 aliphatic carbocycles. The van der Waals surface area contributed by atoms with E-state index in [1.807, 2.05) is 0 Å². The van der Waals surface area contributed by atoms with Gasteiger partial charge in [-0.05, 0) is 36.4 Å². The molecular formula is C16H12ClN3O2. The zero-order valence-electron chi connectivity index (χ0n) is 11.4. The molecule has 0 aliphatic rings. The number of hydrogen-bond acceptors (Lipinski definition) is 4. The summed E-state index contributed by atoms with van der Waals surface area (Å²) in [4.78, 5) is 15.6. The van der Waals surface area contributed by atoms with Crippen LogP contribution in [0.4, 0.5) is 5.69 Å². The topological polar surface area (TPSA) is 91.2 Å². The number of halogens is 1. The second kappa shape index (κ2) is 5.54. The van der Waals surface area contributed by atoms with Gasteiger partial charge >= 0.3 is 0 Å². The predicted molar refractivity (Wildman–Crippen MR) is 86.2 cm³/mol. The van der Waals surface area contributed by atoms with Gasteiger partial charge in [-0.25, -0.2) is 0 Å². The predicted octanol–water partition coefficient (Wildman–Crippen LogP) is 3.36. The molecule has 0 spiro atoms. The number of carbonyl (C=O) groups is 1. The summed E-state index contributed by atoms with van der Waals surface area (Å²) in [5, 5.41) is 1.10. The van der Waals surface area contributed by atoms with Gasteiger partial charge in [0, 0.05) is 23.2 Å². The van der Waals surface area contributed by atoms with E-state index in [1.165, 1.54) is 0 Å². The minimum Gasteiger partial charge on any atom is -0.457 e. The van der Waals surface area contributed by atoms with Gasteiger partial charge in [-0.2, -0.15) is 0 Å². The molecule has 3 rings (SSSR count). The molecule has 0 saturated carbocycles. The average Bonchev–Trinajstić information content (AvgIpc) is 2.51. The maximum absolute atomic E-state index is 11.3. The Bertz CT molecular complexity index is 880. The molecule has 0 unspecified atom stereocenters. The van der Waals surface area contributed by atoms with Gasteiger partial charge in [-0.3, -0.25) is 9.78 Å². The van der Waals surface area contributed by atoms with Crippen LogP contribution in [0.2, 0.25) is 5.02 Å². The van der Waals surface area contributed by atoms with Crippen molar-refractivity contribution in [3.63, 3.8) is 0 Å². The maximum atomic E-state index is 11.3. The smallest absolute Gasteiger partial charge is 0.248 e. The molecule has 4 N–H and O–H groups in total. The number of nitrogens with two attached hydrogens (primary N) is 2. The van der Waals surface area contributed by atoms with Crippen LogP contribution in [0.1, 0.15) is 10.4 Å². The number of nitrogens with zero attached hydrogens (tertiary/aromatic N) is 1. The summed E-state index contributed by atoms with van der Waals surface area (Å²) in [5.74, 6) is 0.581.